The third kappa shape index (κ3) is 6.53. The first kappa shape index (κ1) is 23.7. The minimum Gasteiger partial charge on any atom is -0.369 e. The molecule has 2 N–H and O–H groups in total. The molecule has 1 heterocycles. The predicted molar refractivity (Wildman–Crippen MR) is 125 cm³/mol. The highest BCUT2D eigenvalue weighted by molar-refractivity contribution is 5.97. The number of hydrogen-bond donors (Lipinski definition) is 2. The van der Waals surface area contributed by atoms with Gasteiger partial charge in [0.2, 0.25) is 5.91 Å². The Bertz CT molecular complexity index is 883. The van der Waals surface area contributed by atoms with Gasteiger partial charge in [-0.3, -0.25) is 14.5 Å². The van der Waals surface area contributed by atoms with E-state index in [0.717, 1.165) is 39.1 Å². The van der Waals surface area contributed by atoms with Gasteiger partial charge in [-0.05, 0) is 43.1 Å². The minimum absolute atomic E-state index is 0.0550. The molecule has 7 heteroatoms. The van der Waals surface area contributed by atoms with Crippen LogP contribution >= 0.6 is 0 Å². The number of anilines is 1. The molecule has 0 radical (unpaired) electrons. The Balaban J connectivity index is 1.39. The number of amides is 2. The summed E-state index contributed by atoms with van der Waals surface area (Å²) in [5, 5.41) is 5.60. The number of benzene rings is 2. The summed E-state index contributed by atoms with van der Waals surface area (Å²) in [6, 6.07) is 15.5. The molecule has 1 aliphatic heterocycles. The summed E-state index contributed by atoms with van der Waals surface area (Å²) in [7, 11) is 0. The Morgan fingerprint density at radius 2 is 1.62 bits per heavy atom. The number of piperazine rings is 1. The fourth-order valence-electron chi connectivity index (χ4n) is 3.89. The van der Waals surface area contributed by atoms with Crippen molar-refractivity contribution in [3.05, 3.63) is 66.0 Å². The molecule has 2 aromatic carbocycles. The van der Waals surface area contributed by atoms with Gasteiger partial charge in [-0.2, -0.15) is 0 Å². The summed E-state index contributed by atoms with van der Waals surface area (Å²) in [4.78, 5) is 29.9. The second kappa shape index (κ2) is 11.6. The molecule has 0 aliphatic carbocycles. The summed E-state index contributed by atoms with van der Waals surface area (Å²) in [5.74, 6) is -1.52. The first-order chi connectivity index (χ1) is 15.5. The van der Waals surface area contributed by atoms with Crippen molar-refractivity contribution in [2.75, 3.05) is 44.2 Å². The van der Waals surface area contributed by atoms with Crippen LogP contribution in [0.5, 0.6) is 0 Å². The van der Waals surface area contributed by atoms with Crippen LogP contribution in [-0.4, -0.2) is 62.0 Å². The third-order valence-electron chi connectivity index (χ3n) is 5.80. The Kier molecular flexibility index (Phi) is 8.62. The van der Waals surface area contributed by atoms with E-state index in [9.17, 15) is 14.0 Å². The monoisotopic (exact) mass is 440 g/mol. The normalized spacial score (nSPS) is 15.4. The van der Waals surface area contributed by atoms with Crippen LogP contribution in [-0.2, 0) is 4.79 Å². The van der Waals surface area contributed by atoms with E-state index in [4.69, 9.17) is 0 Å². The average molecular weight is 441 g/mol. The van der Waals surface area contributed by atoms with Gasteiger partial charge in [0.15, 0.2) is 0 Å². The van der Waals surface area contributed by atoms with Crippen LogP contribution in [0.4, 0.5) is 10.1 Å². The van der Waals surface area contributed by atoms with Gasteiger partial charge in [0.1, 0.15) is 11.9 Å². The summed E-state index contributed by atoms with van der Waals surface area (Å²) in [5.41, 5.74) is 1.21. The molecule has 1 atom stereocenters. The fourth-order valence-corrected chi connectivity index (χ4v) is 3.89. The number of nitrogens with one attached hydrogen (secondary N) is 2. The average Bonchev–Trinajstić information content (AvgIpc) is 2.81. The van der Waals surface area contributed by atoms with Gasteiger partial charge in [-0.15, -0.1) is 0 Å². The second-order valence-corrected chi connectivity index (χ2v) is 8.48. The molecule has 2 amide bonds. The molecule has 1 saturated heterocycles. The van der Waals surface area contributed by atoms with Gasteiger partial charge < -0.3 is 15.5 Å². The number of carbonyl (C=O) groups excluding carboxylic acids is 2. The zero-order valence-corrected chi connectivity index (χ0v) is 18.9. The molecule has 0 bridgehead atoms. The van der Waals surface area contributed by atoms with Gasteiger partial charge in [0, 0.05) is 38.4 Å². The number of nitrogens with zero attached hydrogens (tertiary/aromatic N) is 2. The summed E-state index contributed by atoms with van der Waals surface area (Å²) in [6.07, 6.45) is 0.836. The lowest BCUT2D eigenvalue weighted by atomic mass is 10.0. The molecule has 0 spiro atoms. The number of carbonyl (C=O) groups is 2. The van der Waals surface area contributed by atoms with Crippen molar-refractivity contribution in [3.8, 4) is 0 Å². The van der Waals surface area contributed by atoms with Crippen molar-refractivity contribution in [3.63, 3.8) is 0 Å². The molecule has 3 rings (SSSR count). The maximum Gasteiger partial charge on any atom is 0.254 e. The highest BCUT2D eigenvalue weighted by Crippen LogP contribution is 2.15. The van der Waals surface area contributed by atoms with Crippen molar-refractivity contribution in [2.45, 2.75) is 26.3 Å². The van der Waals surface area contributed by atoms with Crippen molar-refractivity contribution in [1.82, 2.24) is 15.5 Å². The summed E-state index contributed by atoms with van der Waals surface area (Å²) >= 11 is 0. The van der Waals surface area contributed by atoms with E-state index in [0.29, 0.717) is 6.54 Å². The van der Waals surface area contributed by atoms with Gasteiger partial charge in [-0.1, -0.05) is 44.2 Å². The first-order valence-corrected chi connectivity index (χ1v) is 11.3. The SMILES string of the molecule is CC(C)C(NC(=O)c1ccccc1F)C(=O)NCCCN1CCN(c2ccccc2)CC1. The van der Waals surface area contributed by atoms with Crippen LogP contribution in [0.1, 0.15) is 30.6 Å². The van der Waals surface area contributed by atoms with Crippen molar-refractivity contribution >= 4 is 17.5 Å². The standard InChI is InChI=1S/C25H33FN4O2/c1-19(2)23(28-24(31)21-11-6-7-12-22(21)26)25(32)27-13-8-14-29-15-17-30(18-16-29)20-9-4-3-5-10-20/h3-7,9-12,19,23H,8,13-18H2,1-2H3,(H,27,32)(H,28,31). The van der Waals surface area contributed by atoms with E-state index >= 15 is 0 Å². The van der Waals surface area contributed by atoms with E-state index in [2.05, 4.69) is 44.7 Å². The smallest absolute Gasteiger partial charge is 0.254 e. The Morgan fingerprint density at radius 1 is 0.969 bits per heavy atom. The lowest BCUT2D eigenvalue weighted by Gasteiger charge is -2.36. The Hall–Kier alpha value is -2.93. The molecule has 32 heavy (non-hydrogen) atoms. The van der Waals surface area contributed by atoms with Crippen LogP contribution in [0.25, 0.3) is 0 Å². The lowest BCUT2D eigenvalue weighted by Crippen LogP contribution is -2.50. The number of halogens is 1. The van der Waals surface area contributed by atoms with Crippen molar-refractivity contribution in [1.29, 1.82) is 0 Å². The van der Waals surface area contributed by atoms with Crippen molar-refractivity contribution < 1.29 is 14.0 Å². The van der Waals surface area contributed by atoms with Gasteiger partial charge in [0.25, 0.3) is 5.91 Å². The molecule has 1 unspecified atom stereocenters. The predicted octanol–water partition coefficient (Wildman–Crippen LogP) is 2.91. The van der Waals surface area contributed by atoms with Crippen LogP contribution < -0.4 is 15.5 Å². The summed E-state index contributed by atoms with van der Waals surface area (Å²) < 4.78 is 13.9. The largest absolute Gasteiger partial charge is 0.369 e. The number of hydrogen-bond acceptors (Lipinski definition) is 4. The Morgan fingerprint density at radius 3 is 2.28 bits per heavy atom. The molecule has 1 aliphatic rings. The van der Waals surface area contributed by atoms with Gasteiger partial charge in [0.05, 0.1) is 5.56 Å². The topological polar surface area (TPSA) is 64.7 Å². The van der Waals surface area contributed by atoms with Gasteiger partial charge in [-0.25, -0.2) is 4.39 Å². The zero-order chi connectivity index (χ0) is 22.9. The van der Waals surface area contributed by atoms with Crippen molar-refractivity contribution in [2.24, 2.45) is 5.92 Å². The van der Waals surface area contributed by atoms with Crippen LogP contribution in [0.2, 0.25) is 0 Å². The van der Waals surface area contributed by atoms with Crippen LogP contribution in [0.15, 0.2) is 54.6 Å². The van der Waals surface area contributed by atoms with E-state index in [-0.39, 0.29) is 17.4 Å². The molecular formula is C25H33FN4O2. The molecule has 6 nitrogen and oxygen atoms in total. The van der Waals surface area contributed by atoms with Crippen LogP contribution in [0, 0.1) is 11.7 Å². The first-order valence-electron chi connectivity index (χ1n) is 11.3. The maximum atomic E-state index is 13.9. The van der Waals surface area contributed by atoms with E-state index in [1.807, 2.05) is 19.9 Å². The minimum atomic E-state index is -0.712. The molecule has 0 aromatic heterocycles. The van der Waals surface area contributed by atoms with Crippen LogP contribution in [0.3, 0.4) is 0 Å². The molecule has 172 valence electrons. The Labute approximate surface area is 189 Å². The lowest BCUT2D eigenvalue weighted by molar-refractivity contribution is -0.123. The van der Waals surface area contributed by atoms with E-state index in [1.54, 1.807) is 6.07 Å². The quantitative estimate of drug-likeness (QED) is 0.589. The van der Waals surface area contributed by atoms with Gasteiger partial charge >= 0.3 is 0 Å². The molecule has 0 saturated carbocycles. The molecule has 1 fully saturated rings. The highest BCUT2D eigenvalue weighted by atomic mass is 19.1. The number of para-hydroxylation sites is 1. The zero-order valence-electron chi connectivity index (χ0n) is 18.9. The van der Waals surface area contributed by atoms with E-state index in [1.165, 1.54) is 23.9 Å². The second-order valence-electron chi connectivity index (χ2n) is 8.48. The summed E-state index contributed by atoms with van der Waals surface area (Å²) in [6.45, 7) is 9.15. The third-order valence-corrected chi connectivity index (χ3v) is 5.80. The molecule has 2 aromatic rings. The molecular weight excluding hydrogens is 407 g/mol. The van der Waals surface area contributed by atoms with E-state index < -0.39 is 17.8 Å². The highest BCUT2D eigenvalue weighted by Gasteiger charge is 2.25. The number of rotatable bonds is 9. The fraction of sp³-hybridized carbons (Fsp3) is 0.440. The maximum absolute atomic E-state index is 13.9.